The van der Waals surface area contributed by atoms with Crippen LogP contribution in [0.25, 0.3) is 0 Å². The number of benzene rings is 2. The molecule has 1 unspecified atom stereocenters. The molecule has 2 aromatic rings. The molecule has 12 heteroatoms. The molecule has 0 bridgehead atoms. The maximum atomic E-state index is 13.9. The number of carbonyl (C=O) groups is 2. The molecular formula is C24H24ClFN4O5S. The summed E-state index contributed by atoms with van der Waals surface area (Å²) in [6.45, 7) is 0.0175. The second-order valence-electron chi connectivity index (χ2n) is 8.75. The number of aliphatic hydroxyl groups is 1. The highest BCUT2D eigenvalue weighted by Crippen LogP contribution is 2.27. The normalized spacial score (nSPS) is 19.4. The number of likely N-dealkylation sites (tertiary alicyclic amines) is 1. The van der Waals surface area contributed by atoms with E-state index in [2.05, 4.69) is 5.32 Å². The lowest BCUT2D eigenvalue weighted by atomic mass is 10.1. The second-order valence-corrected chi connectivity index (χ2v) is 11.1. The first-order valence-electron chi connectivity index (χ1n) is 11.3. The summed E-state index contributed by atoms with van der Waals surface area (Å²) in [7, 11) is -3.85. The van der Waals surface area contributed by atoms with Gasteiger partial charge in [-0.3, -0.25) is 9.59 Å². The smallest absolute Gasteiger partial charge is 0.254 e. The van der Waals surface area contributed by atoms with Crippen LogP contribution in [-0.4, -0.2) is 66.8 Å². The van der Waals surface area contributed by atoms with Gasteiger partial charge in [-0.2, -0.15) is 9.57 Å². The summed E-state index contributed by atoms with van der Waals surface area (Å²) in [5.41, 5.74) is 0.442. The molecule has 2 amide bonds. The molecule has 2 aliphatic rings. The zero-order valence-electron chi connectivity index (χ0n) is 19.1. The first kappa shape index (κ1) is 26.0. The SMILES string of the molecule is N#CC1CN(S(=O)(=O)c2cccc(C(=O)N3CCC[C@@H]3C(=O)NC(CO)c3ccc(Cl)c(F)c3)c2)C1. The number of aliphatic hydroxyl groups excluding tert-OH is 1. The van der Waals surface area contributed by atoms with Gasteiger partial charge in [-0.1, -0.05) is 23.7 Å². The highest BCUT2D eigenvalue weighted by molar-refractivity contribution is 7.89. The van der Waals surface area contributed by atoms with Crippen molar-refractivity contribution in [1.29, 1.82) is 5.26 Å². The van der Waals surface area contributed by atoms with Crippen LogP contribution in [-0.2, 0) is 14.8 Å². The Balaban J connectivity index is 1.49. The van der Waals surface area contributed by atoms with Crippen molar-refractivity contribution in [3.63, 3.8) is 0 Å². The summed E-state index contributed by atoms with van der Waals surface area (Å²) in [5.74, 6) is -2.04. The van der Waals surface area contributed by atoms with Crippen molar-refractivity contribution in [2.24, 2.45) is 5.92 Å². The number of nitrogens with zero attached hydrogens (tertiary/aromatic N) is 3. The lowest BCUT2D eigenvalue weighted by molar-refractivity contribution is -0.126. The minimum absolute atomic E-state index is 0.0601. The zero-order valence-corrected chi connectivity index (χ0v) is 20.7. The fraction of sp³-hybridized carbons (Fsp3) is 0.375. The van der Waals surface area contributed by atoms with Crippen LogP contribution < -0.4 is 5.32 Å². The molecule has 2 saturated heterocycles. The monoisotopic (exact) mass is 534 g/mol. The standard InChI is InChI=1S/C24H24ClFN4O5S/c25-19-7-6-16(10-20(19)26)21(14-31)28-23(32)22-5-2-8-30(22)24(33)17-3-1-4-18(9-17)36(34,35)29-12-15(11-27)13-29/h1,3-4,6-7,9-10,15,21-22,31H,2,5,8,12-14H2,(H,28,32)/t21?,22-/m1/s1. The Bertz CT molecular complexity index is 1330. The van der Waals surface area contributed by atoms with Crippen molar-refractivity contribution in [3.05, 3.63) is 64.4 Å². The summed E-state index contributed by atoms with van der Waals surface area (Å²) in [4.78, 5) is 27.6. The fourth-order valence-electron chi connectivity index (χ4n) is 4.33. The molecule has 4 rings (SSSR count). The van der Waals surface area contributed by atoms with Crippen LogP contribution in [0.15, 0.2) is 47.4 Å². The van der Waals surface area contributed by atoms with Crippen molar-refractivity contribution >= 4 is 33.4 Å². The molecule has 2 fully saturated rings. The molecule has 0 spiro atoms. The Morgan fingerprint density at radius 1 is 1.25 bits per heavy atom. The van der Waals surface area contributed by atoms with Crippen LogP contribution in [0.4, 0.5) is 4.39 Å². The first-order chi connectivity index (χ1) is 17.1. The topological polar surface area (TPSA) is 131 Å². The number of nitrogens with one attached hydrogen (secondary N) is 1. The second kappa shape index (κ2) is 10.5. The van der Waals surface area contributed by atoms with E-state index in [4.69, 9.17) is 16.9 Å². The summed E-state index contributed by atoms with van der Waals surface area (Å²) >= 11 is 5.71. The maximum Gasteiger partial charge on any atom is 0.254 e. The molecule has 190 valence electrons. The number of hydrogen-bond acceptors (Lipinski definition) is 6. The molecule has 0 saturated carbocycles. The maximum absolute atomic E-state index is 13.9. The van der Waals surface area contributed by atoms with E-state index in [-0.39, 0.29) is 34.5 Å². The molecule has 9 nitrogen and oxygen atoms in total. The van der Waals surface area contributed by atoms with Crippen molar-refractivity contribution in [3.8, 4) is 6.07 Å². The minimum Gasteiger partial charge on any atom is -0.394 e. The molecule has 2 heterocycles. The number of nitriles is 1. The molecule has 0 radical (unpaired) electrons. The van der Waals surface area contributed by atoms with E-state index in [1.54, 1.807) is 0 Å². The number of carbonyl (C=O) groups excluding carboxylic acids is 2. The van der Waals surface area contributed by atoms with E-state index in [1.807, 2.05) is 6.07 Å². The highest BCUT2D eigenvalue weighted by atomic mass is 35.5. The van der Waals surface area contributed by atoms with Crippen molar-refractivity contribution < 1.29 is 27.5 Å². The summed E-state index contributed by atoms with van der Waals surface area (Å²) < 4.78 is 40.7. The summed E-state index contributed by atoms with van der Waals surface area (Å²) in [5, 5.41) is 21.3. The quantitative estimate of drug-likeness (QED) is 0.559. The Morgan fingerprint density at radius 3 is 2.67 bits per heavy atom. The molecule has 2 N–H and O–H groups in total. The Hall–Kier alpha value is -3.04. The van der Waals surface area contributed by atoms with Gasteiger partial charge in [0.15, 0.2) is 0 Å². The average molecular weight is 535 g/mol. The van der Waals surface area contributed by atoms with Crippen molar-refractivity contribution in [2.75, 3.05) is 26.2 Å². The van der Waals surface area contributed by atoms with Crippen molar-refractivity contribution in [1.82, 2.24) is 14.5 Å². The lowest BCUT2D eigenvalue weighted by Gasteiger charge is -2.34. The number of rotatable bonds is 7. The van der Waals surface area contributed by atoms with E-state index in [0.29, 0.717) is 24.9 Å². The fourth-order valence-corrected chi connectivity index (χ4v) is 6.03. The van der Waals surface area contributed by atoms with Gasteiger partial charge in [0.25, 0.3) is 5.91 Å². The van der Waals surface area contributed by atoms with Gasteiger partial charge in [0, 0.05) is 25.2 Å². The van der Waals surface area contributed by atoms with Gasteiger partial charge in [-0.15, -0.1) is 0 Å². The van der Waals surface area contributed by atoms with Gasteiger partial charge in [0.1, 0.15) is 11.9 Å². The molecule has 0 aromatic heterocycles. The van der Waals surface area contributed by atoms with Gasteiger partial charge >= 0.3 is 0 Å². The minimum atomic E-state index is -3.85. The first-order valence-corrected chi connectivity index (χ1v) is 13.1. The molecule has 36 heavy (non-hydrogen) atoms. The highest BCUT2D eigenvalue weighted by Gasteiger charge is 2.38. The van der Waals surface area contributed by atoms with Crippen LogP contribution in [0.3, 0.4) is 0 Å². The number of hydrogen-bond donors (Lipinski definition) is 2. The van der Waals surface area contributed by atoms with Gasteiger partial charge < -0.3 is 15.3 Å². The lowest BCUT2D eigenvalue weighted by Crippen LogP contribution is -2.49. The molecule has 2 aliphatic heterocycles. The third-order valence-corrected chi connectivity index (χ3v) is 8.54. The van der Waals surface area contributed by atoms with Gasteiger partial charge in [0.2, 0.25) is 15.9 Å². The van der Waals surface area contributed by atoms with E-state index >= 15 is 0 Å². The summed E-state index contributed by atoms with van der Waals surface area (Å²) in [6, 6.07) is 9.84. The Labute approximate surface area is 213 Å². The van der Waals surface area contributed by atoms with Crippen molar-refractivity contribution in [2.45, 2.75) is 29.8 Å². The largest absolute Gasteiger partial charge is 0.394 e. The van der Waals surface area contributed by atoms with Crippen LogP contribution in [0.1, 0.15) is 34.8 Å². The van der Waals surface area contributed by atoms with E-state index in [0.717, 1.165) is 6.07 Å². The number of amides is 2. The van der Waals surface area contributed by atoms with Crippen LogP contribution in [0, 0.1) is 23.1 Å². The van der Waals surface area contributed by atoms with E-state index < -0.39 is 46.3 Å². The third-order valence-electron chi connectivity index (χ3n) is 6.41. The zero-order chi connectivity index (χ0) is 26.0. The number of halogens is 2. The van der Waals surface area contributed by atoms with Gasteiger partial charge in [-0.25, -0.2) is 12.8 Å². The van der Waals surface area contributed by atoms with Gasteiger partial charge in [0.05, 0.1) is 34.6 Å². The van der Waals surface area contributed by atoms with E-state index in [9.17, 15) is 27.5 Å². The molecule has 2 atom stereocenters. The van der Waals surface area contributed by atoms with Crippen LogP contribution in [0.2, 0.25) is 5.02 Å². The Morgan fingerprint density at radius 2 is 2.00 bits per heavy atom. The predicted molar refractivity (Wildman–Crippen MR) is 128 cm³/mol. The Kier molecular flexibility index (Phi) is 7.61. The average Bonchev–Trinajstić information content (AvgIpc) is 3.33. The van der Waals surface area contributed by atoms with Gasteiger partial charge in [-0.05, 0) is 48.7 Å². The molecule has 2 aromatic carbocycles. The third kappa shape index (κ3) is 5.08. The van der Waals surface area contributed by atoms with Crippen LogP contribution in [0.5, 0.6) is 0 Å². The van der Waals surface area contributed by atoms with Crippen LogP contribution >= 0.6 is 11.6 Å². The van der Waals surface area contributed by atoms with E-state index in [1.165, 1.54) is 45.6 Å². The molecular weight excluding hydrogens is 511 g/mol. The summed E-state index contributed by atoms with van der Waals surface area (Å²) in [6.07, 6.45) is 0.941. The predicted octanol–water partition coefficient (Wildman–Crippen LogP) is 2.08. The molecule has 0 aliphatic carbocycles. The number of sulfonamides is 1.